The zero-order valence-corrected chi connectivity index (χ0v) is 24.0. The van der Waals surface area contributed by atoms with Crippen molar-refractivity contribution in [2.75, 3.05) is 43.2 Å². The molecule has 1 N–H and O–H groups in total. The van der Waals surface area contributed by atoms with E-state index >= 15 is 0 Å². The number of benzene rings is 2. The number of hydrogen-bond donors (Lipinski definition) is 1. The molecule has 2 heterocycles. The van der Waals surface area contributed by atoms with Gasteiger partial charge < -0.3 is 19.5 Å². The van der Waals surface area contributed by atoms with Gasteiger partial charge in [0.15, 0.2) is 11.6 Å². The minimum atomic E-state index is -0.666. The second kappa shape index (κ2) is 10.3. The van der Waals surface area contributed by atoms with Crippen LogP contribution >= 0.6 is 0 Å². The number of morpholine rings is 1. The van der Waals surface area contributed by atoms with E-state index in [4.69, 9.17) is 9.47 Å². The third-order valence-electron chi connectivity index (χ3n) is 9.58. The summed E-state index contributed by atoms with van der Waals surface area (Å²) in [5.41, 5.74) is 4.13. The number of allylic oxidation sites excluding steroid dienone is 6. The molecule has 0 bridgehead atoms. The van der Waals surface area contributed by atoms with Gasteiger partial charge in [0.25, 0.3) is 0 Å². The number of fused-ring (bicyclic) bond motifs is 3. The number of Topliss-reactive ketones (excluding diaryl/α,β-unsaturated/α-hetero) is 1. The van der Waals surface area contributed by atoms with Gasteiger partial charge in [-0.1, -0.05) is 17.7 Å². The van der Waals surface area contributed by atoms with Gasteiger partial charge in [0.05, 0.1) is 37.8 Å². The molecule has 3 aliphatic carbocycles. The number of anilines is 2. The van der Waals surface area contributed by atoms with Crippen molar-refractivity contribution in [1.82, 2.24) is 0 Å². The number of rotatable bonds is 4. The van der Waals surface area contributed by atoms with E-state index in [9.17, 15) is 24.3 Å². The molecular formula is C34H32N2O7. The predicted molar refractivity (Wildman–Crippen MR) is 158 cm³/mol. The summed E-state index contributed by atoms with van der Waals surface area (Å²) in [5, 5.41) is 10.2. The van der Waals surface area contributed by atoms with Crippen molar-refractivity contribution in [1.29, 1.82) is 0 Å². The second-order valence-electron chi connectivity index (χ2n) is 11.8. The second-order valence-corrected chi connectivity index (χ2v) is 11.8. The monoisotopic (exact) mass is 580 g/mol. The van der Waals surface area contributed by atoms with E-state index in [-0.39, 0.29) is 35.6 Å². The van der Waals surface area contributed by atoms with Gasteiger partial charge in [-0.25, -0.2) is 0 Å². The summed E-state index contributed by atoms with van der Waals surface area (Å²) >= 11 is 0. The number of hydrogen-bond acceptors (Lipinski definition) is 8. The summed E-state index contributed by atoms with van der Waals surface area (Å²) in [5.74, 6) is -2.92. The van der Waals surface area contributed by atoms with Crippen LogP contribution in [0, 0.1) is 17.8 Å². The molecule has 4 atom stereocenters. The number of carbonyl (C=O) groups is 4. The van der Waals surface area contributed by atoms with E-state index in [0.717, 1.165) is 24.4 Å². The number of ether oxygens (including phenoxy) is 2. The molecule has 9 heteroatoms. The van der Waals surface area contributed by atoms with Gasteiger partial charge >= 0.3 is 0 Å². The van der Waals surface area contributed by atoms with E-state index in [1.54, 1.807) is 13.0 Å². The zero-order chi connectivity index (χ0) is 30.0. The molecule has 43 heavy (non-hydrogen) atoms. The van der Waals surface area contributed by atoms with E-state index in [1.807, 2.05) is 30.3 Å². The molecule has 9 nitrogen and oxygen atoms in total. The minimum Gasteiger partial charge on any atom is -0.508 e. The maximum absolute atomic E-state index is 14.2. The zero-order valence-electron chi connectivity index (χ0n) is 24.0. The normalized spacial score (nSPS) is 27.0. The summed E-state index contributed by atoms with van der Waals surface area (Å²) in [6.45, 7) is 4.50. The molecule has 2 aromatic carbocycles. The van der Waals surface area contributed by atoms with Crippen LogP contribution in [0.1, 0.15) is 31.2 Å². The molecule has 2 aliphatic heterocycles. The Balaban J connectivity index is 1.28. The first kappa shape index (κ1) is 27.3. The standard InChI is InChI=1S/C34H32N2O7/c1-18-15-27(38)26-17-25-22(29(31(26)32(18)39)23-8-7-21(37)16-28(23)42-2)9-10-24-30(25)34(41)36(33(24)40)20-5-3-19(4-6-20)35-11-13-43-14-12-35/h3-9,15-16,24-25,29-30,37H,10-14,17H2,1-2H3. The van der Waals surface area contributed by atoms with Crippen molar-refractivity contribution >= 4 is 34.8 Å². The van der Waals surface area contributed by atoms with Crippen molar-refractivity contribution in [2.24, 2.45) is 17.8 Å². The lowest BCUT2D eigenvalue weighted by atomic mass is 9.59. The molecule has 2 saturated heterocycles. The average molecular weight is 581 g/mol. The highest BCUT2D eigenvalue weighted by Crippen LogP contribution is 2.56. The number of aromatic hydroxyl groups is 1. The molecule has 5 aliphatic rings. The Morgan fingerprint density at radius 2 is 1.65 bits per heavy atom. The maximum Gasteiger partial charge on any atom is 0.238 e. The lowest BCUT2D eigenvalue weighted by Gasteiger charge is -2.42. The molecule has 2 aromatic rings. The average Bonchev–Trinajstić information content (AvgIpc) is 3.28. The smallest absolute Gasteiger partial charge is 0.238 e. The SMILES string of the molecule is COc1cc(O)ccc1C1C2=CCC3C(=O)N(c4ccc(N5CCOCC5)cc4)C(=O)C3C2CC2=C1C(=O)C(C)=CC2=O. The van der Waals surface area contributed by atoms with Gasteiger partial charge in [0.2, 0.25) is 11.8 Å². The number of methoxy groups -OCH3 is 1. The maximum atomic E-state index is 14.2. The summed E-state index contributed by atoms with van der Waals surface area (Å²) in [6.07, 6.45) is 3.90. The molecular weight excluding hydrogens is 548 g/mol. The Morgan fingerprint density at radius 1 is 0.930 bits per heavy atom. The van der Waals surface area contributed by atoms with Crippen LogP contribution in [0.3, 0.4) is 0 Å². The summed E-state index contributed by atoms with van der Waals surface area (Å²) in [4.78, 5) is 58.5. The highest BCUT2D eigenvalue weighted by molar-refractivity contribution is 6.25. The molecule has 7 rings (SSSR count). The molecule has 0 radical (unpaired) electrons. The lowest BCUT2D eigenvalue weighted by molar-refractivity contribution is -0.123. The molecule has 0 saturated carbocycles. The van der Waals surface area contributed by atoms with Crippen LogP contribution in [0.15, 0.2) is 76.9 Å². The van der Waals surface area contributed by atoms with E-state index in [0.29, 0.717) is 53.4 Å². The number of phenols is 1. The largest absolute Gasteiger partial charge is 0.508 e. The highest BCUT2D eigenvalue weighted by Gasteiger charge is 2.56. The Bertz CT molecular complexity index is 1660. The van der Waals surface area contributed by atoms with Crippen LogP contribution < -0.4 is 14.5 Å². The van der Waals surface area contributed by atoms with E-state index < -0.39 is 23.7 Å². The number of imide groups is 1. The summed E-state index contributed by atoms with van der Waals surface area (Å²) in [7, 11) is 1.49. The van der Waals surface area contributed by atoms with Gasteiger partial charge in [0, 0.05) is 53.0 Å². The van der Waals surface area contributed by atoms with E-state index in [2.05, 4.69) is 4.90 Å². The first-order valence-corrected chi connectivity index (χ1v) is 14.7. The molecule has 0 spiro atoms. The number of phenolic OH excluding ortho intramolecular Hbond substituents is 1. The predicted octanol–water partition coefficient (Wildman–Crippen LogP) is 3.87. The summed E-state index contributed by atoms with van der Waals surface area (Å²) in [6, 6.07) is 12.2. The molecule has 220 valence electrons. The van der Waals surface area contributed by atoms with Gasteiger partial charge in [-0.3, -0.25) is 24.1 Å². The number of ketones is 2. The fraction of sp³-hybridized carbons (Fsp3) is 0.353. The van der Waals surface area contributed by atoms with Crippen LogP contribution in [0.25, 0.3) is 0 Å². The Kier molecular flexibility index (Phi) is 6.58. The van der Waals surface area contributed by atoms with Crippen LogP contribution in [0.2, 0.25) is 0 Å². The van der Waals surface area contributed by atoms with Gasteiger partial charge in [-0.2, -0.15) is 0 Å². The van der Waals surface area contributed by atoms with E-state index in [1.165, 1.54) is 30.2 Å². The third-order valence-corrected chi connectivity index (χ3v) is 9.58. The number of carbonyl (C=O) groups excluding carboxylic acids is 4. The minimum absolute atomic E-state index is 0.00817. The van der Waals surface area contributed by atoms with Crippen molar-refractivity contribution in [3.05, 3.63) is 82.5 Å². The van der Waals surface area contributed by atoms with Crippen LogP contribution in [-0.2, 0) is 23.9 Å². The van der Waals surface area contributed by atoms with Crippen LogP contribution in [-0.4, -0.2) is 61.9 Å². The highest BCUT2D eigenvalue weighted by atomic mass is 16.5. The fourth-order valence-electron chi connectivity index (χ4n) is 7.54. The van der Waals surface area contributed by atoms with Gasteiger partial charge in [-0.15, -0.1) is 0 Å². The van der Waals surface area contributed by atoms with Crippen molar-refractivity contribution in [2.45, 2.75) is 25.7 Å². The first-order valence-electron chi connectivity index (χ1n) is 14.7. The Labute approximate surface area is 249 Å². The quantitative estimate of drug-likeness (QED) is 0.330. The number of nitrogens with zero attached hydrogens (tertiary/aromatic N) is 2. The number of amides is 2. The summed E-state index contributed by atoms with van der Waals surface area (Å²) < 4.78 is 11.1. The topological polar surface area (TPSA) is 113 Å². The van der Waals surface area contributed by atoms with Gasteiger partial charge in [0.1, 0.15) is 11.5 Å². The third kappa shape index (κ3) is 4.25. The van der Waals surface area contributed by atoms with Crippen molar-refractivity contribution in [3.63, 3.8) is 0 Å². The fourth-order valence-corrected chi connectivity index (χ4v) is 7.54. The molecule has 0 aromatic heterocycles. The molecule has 2 fully saturated rings. The van der Waals surface area contributed by atoms with Crippen molar-refractivity contribution in [3.8, 4) is 11.5 Å². The molecule has 2 amide bonds. The first-order chi connectivity index (χ1) is 20.8. The van der Waals surface area contributed by atoms with Crippen molar-refractivity contribution < 1.29 is 33.8 Å². The van der Waals surface area contributed by atoms with Crippen LogP contribution in [0.4, 0.5) is 11.4 Å². The van der Waals surface area contributed by atoms with Crippen LogP contribution in [0.5, 0.6) is 11.5 Å². The van der Waals surface area contributed by atoms with Gasteiger partial charge in [-0.05, 0) is 62.1 Å². The Hall–Kier alpha value is -4.50. The lowest BCUT2D eigenvalue weighted by Crippen LogP contribution is -2.40. The Morgan fingerprint density at radius 3 is 2.37 bits per heavy atom. The molecule has 4 unspecified atom stereocenters.